The van der Waals surface area contributed by atoms with Crippen molar-refractivity contribution in [2.75, 3.05) is 24.7 Å². The third kappa shape index (κ3) is 5.99. The topological polar surface area (TPSA) is 87.2 Å². The van der Waals surface area contributed by atoms with Crippen molar-refractivity contribution in [3.8, 4) is 0 Å². The van der Waals surface area contributed by atoms with Crippen molar-refractivity contribution in [3.63, 3.8) is 0 Å². The van der Waals surface area contributed by atoms with E-state index in [9.17, 15) is 8.42 Å². The first-order chi connectivity index (χ1) is 11.3. The van der Waals surface area contributed by atoms with Crippen LogP contribution in [0.1, 0.15) is 39.2 Å². The average Bonchev–Trinajstić information content (AvgIpc) is 2.80. The summed E-state index contributed by atoms with van der Waals surface area (Å²) in [6.45, 7) is 8.59. The lowest BCUT2D eigenvalue weighted by molar-refractivity contribution is 0.311. The van der Waals surface area contributed by atoms with Gasteiger partial charge in [-0.3, -0.25) is 4.90 Å². The molecule has 1 aliphatic rings. The molecule has 1 aromatic heterocycles. The van der Waals surface area contributed by atoms with Gasteiger partial charge in [-0.25, -0.2) is 23.1 Å². The molecule has 0 aromatic carbocycles. The summed E-state index contributed by atoms with van der Waals surface area (Å²) in [5.74, 6) is 0.989. The Balaban J connectivity index is 1.97. The van der Waals surface area contributed by atoms with Crippen LogP contribution in [0.4, 0.5) is 5.95 Å². The highest BCUT2D eigenvalue weighted by atomic mass is 32.2. The maximum atomic E-state index is 11.6. The van der Waals surface area contributed by atoms with Gasteiger partial charge in [-0.15, -0.1) is 0 Å². The maximum Gasteiger partial charge on any atom is 0.222 e. The number of anilines is 1. The van der Waals surface area contributed by atoms with Crippen LogP contribution >= 0.6 is 0 Å². The Morgan fingerprint density at radius 3 is 2.50 bits per heavy atom. The Kier molecular flexibility index (Phi) is 6.54. The zero-order valence-corrected chi connectivity index (χ0v) is 15.8. The number of likely N-dealkylation sites (tertiary alicyclic amines) is 1. The molecule has 1 fully saturated rings. The van der Waals surface area contributed by atoms with Crippen LogP contribution in [0.25, 0.3) is 0 Å². The minimum atomic E-state index is -3.18. The smallest absolute Gasteiger partial charge is 0.222 e. The van der Waals surface area contributed by atoms with E-state index in [1.807, 2.05) is 26.2 Å². The van der Waals surface area contributed by atoms with Gasteiger partial charge in [-0.05, 0) is 26.2 Å². The molecule has 2 rings (SSSR count). The molecule has 24 heavy (non-hydrogen) atoms. The molecule has 7 nitrogen and oxygen atoms in total. The first kappa shape index (κ1) is 19.1. The molecule has 2 N–H and O–H groups in total. The van der Waals surface area contributed by atoms with Crippen molar-refractivity contribution in [2.24, 2.45) is 5.92 Å². The fourth-order valence-electron chi connectivity index (χ4n) is 3.19. The molecule has 0 spiro atoms. The summed E-state index contributed by atoms with van der Waals surface area (Å²) >= 11 is 0. The van der Waals surface area contributed by atoms with Crippen molar-refractivity contribution in [3.05, 3.63) is 18.0 Å². The Morgan fingerprint density at radius 2 is 1.96 bits per heavy atom. The largest absolute Gasteiger partial charge is 0.352 e. The van der Waals surface area contributed by atoms with Crippen molar-refractivity contribution >= 4 is 16.0 Å². The number of nitrogens with zero attached hydrogens (tertiary/aromatic N) is 3. The molecule has 2 heterocycles. The number of aromatic nitrogens is 2. The van der Waals surface area contributed by atoms with Crippen LogP contribution in [0.3, 0.4) is 0 Å². The summed E-state index contributed by atoms with van der Waals surface area (Å²) < 4.78 is 25.9. The van der Waals surface area contributed by atoms with E-state index in [0.717, 1.165) is 38.0 Å². The van der Waals surface area contributed by atoms with E-state index in [1.165, 1.54) is 6.26 Å². The van der Waals surface area contributed by atoms with Gasteiger partial charge < -0.3 is 5.32 Å². The van der Waals surface area contributed by atoms with Crippen molar-refractivity contribution in [1.82, 2.24) is 19.6 Å². The number of hydrogen-bond donors (Lipinski definition) is 2. The molecule has 136 valence electrons. The van der Waals surface area contributed by atoms with Gasteiger partial charge in [0, 0.05) is 49.7 Å². The first-order valence-corrected chi connectivity index (χ1v) is 10.4. The molecular formula is C16H29N5O2S. The number of hydrogen-bond acceptors (Lipinski definition) is 6. The molecule has 0 saturated carbocycles. The molecule has 0 aliphatic carbocycles. The molecular weight excluding hydrogens is 326 g/mol. The summed E-state index contributed by atoms with van der Waals surface area (Å²) in [4.78, 5) is 10.9. The molecule has 8 heteroatoms. The molecule has 0 unspecified atom stereocenters. The summed E-state index contributed by atoms with van der Waals surface area (Å²) in [5, 5.41) is 3.17. The van der Waals surface area contributed by atoms with Crippen molar-refractivity contribution < 1.29 is 8.42 Å². The van der Waals surface area contributed by atoms with E-state index >= 15 is 0 Å². The standard InChI is InChI=1S/C16H29N5O2S/c1-5-6-14-10-21(11-15(14)20-24(4,22)23)9-13-7-17-16(18-8-13)19-12(2)3/h7-8,12,14-15,20H,5-6,9-11H2,1-4H3,(H,17,18,19)/t14-,15-/m1/s1. The molecule has 1 saturated heterocycles. The third-order valence-electron chi connectivity index (χ3n) is 4.07. The van der Waals surface area contributed by atoms with Gasteiger partial charge in [0.2, 0.25) is 16.0 Å². The second-order valence-corrected chi connectivity index (χ2v) is 8.73. The minimum absolute atomic E-state index is 0.0113. The average molecular weight is 356 g/mol. The minimum Gasteiger partial charge on any atom is -0.352 e. The van der Waals surface area contributed by atoms with Crippen molar-refractivity contribution in [2.45, 2.75) is 52.2 Å². The lowest BCUT2D eigenvalue weighted by Gasteiger charge is -2.17. The zero-order valence-electron chi connectivity index (χ0n) is 15.0. The van der Waals surface area contributed by atoms with Crippen LogP contribution in [0, 0.1) is 5.92 Å². The second kappa shape index (κ2) is 8.22. The van der Waals surface area contributed by atoms with E-state index in [1.54, 1.807) is 0 Å². The highest BCUT2D eigenvalue weighted by Gasteiger charge is 2.33. The zero-order chi connectivity index (χ0) is 17.7. The predicted molar refractivity (Wildman–Crippen MR) is 96.2 cm³/mol. The summed E-state index contributed by atoms with van der Waals surface area (Å²) in [5.41, 5.74) is 1.04. The highest BCUT2D eigenvalue weighted by molar-refractivity contribution is 7.88. The van der Waals surface area contributed by atoms with E-state index in [-0.39, 0.29) is 6.04 Å². The number of rotatable bonds is 8. The monoisotopic (exact) mass is 355 g/mol. The van der Waals surface area contributed by atoms with Gasteiger partial charge in [-0.2, -0.15) is 0 Å². The van der Waals surface area contributed by atoms with Crippen molar-refractivity contribution in [1.29, 1.82) is 0 Å². The number of nitrogens with one attached hydrogen (secondary N) is 2. The Labute approximate surface area is 145 Å². The van der Waals surface area contributed by atoms with Crippen LogP contribution in [-0.4, -0.2) is 54.7 Å². The van der Waals surface area contributed by atoms with Crippen LogP contribution in [0.15, 0.2) is 12.4 Å². The van der Waals surface area contributed by atoms with Gasteiger partial charge in [0.15, 0.2) is 0 Å². The molecule has 1 aromatic rings. The molecule has 1 aliphatic heterocycles. The molecule has 0 amide bonds. The highest BCUT2D eigenvalue weighted by Crippen LogP contribution is 2.23. The Bertz CT molecular complexity index is 618. The lowest BCUT2D eigenvalue weighted by Crippen LogP contribution is -2.39. The van der Waals surface area contributed by atoms with Gasteiger partial charge in [-0.1, -0.05) is 13.3 Å². The quantitative estimate of drug-likeness (QED) is 0.734. The summed E-state index contributed by atoms with van der Waals surface area (Å²) in [7, 11) is -3.18. The molecule has 2 atom stereocenters. The Morgan fingerprint density at radius 1 is 1.29 bits per heavy atom. The van der Waals surface area contributed by atoms with E-state index in [2.05, 4.69) is 31.8 Å². The van der Waals surface area contributed by atoms with Crippen LogP contribution in [0.5, 0.6) is 0 Å². The molecule has 0 bridgehead atoms. The molecule has 0 radical (unpaired) electrons. The van der Waals surface area contributed by atoms with E-state index < -0.39 is 10.0 Å². The summed E-state index contributed by atoms with van der Waals surface area (Å²) in [6, 6.07) is 0.287. The normalized spacial score (nSPS) is 22.2. The summed E-state index contributed by atoms with van der Waals surface area (Å²) in [6.07, 6.45) is 6.98. The van der Waals surface area contributed by atoms with Gasteiger partial charge in [0.1, 0.15) is 0 Å². The first-order valence-electron chi connectivity index (χ1n) is 8.54. The van der Waals surface area contributed by atoms with E-state index in [0.29, 0.717) is 17.9 Å². The SMILES string of the molecule is CCC[C@@H]1CN(Cc2cnc(NC(C)C)nc2)C[C@H]1NS(C)(=O)=O. The van der Waals surface area contributed by atoms with Crippen LogP contribution in [-0.2, 0) is 16.6 Å². The third-order valence-corrected chi connectivity index (χ3v) is 4.80. The van der Waals surface area contributed by atoms with Gasteiger partial charge in [0.05, 0.1) is 6.26 Å². The predicted octanol–water partition coefficient (Wildman–Crippen LogP) is 1.45. The van der Waals surface area contributed by atoms with Crippen LogP contribution < -0.4 is 10.0 Å². The van der Waals surface area contributed by atoms with Crippen LogP contribution in [0.2, 0.25) is 0 Å². The van der Waals surface area contributed by atoms with Gasteiger partial charge >= 0.3 is 0 Å². The number of sulfonamides is 1. The maximum absolute atomic E-state index is 11.6. The lowest BCUT2D eigenvalue weighted by atomic mass is 9.99. The Hall–Kier alpha value is -1.25. The second-order valence-electron chi connectivity index (χ2n) is 6.95. The fraction of sp³-hybridized carbons (Fsp3) is 0.750. The fourth-order valence-corrected chi connectivity index (χ4v) is 4.01. The van der Waals surface area contributed by atoms with Gasteiger partial charge in [0.25, 0.3) is 0 Å². The van der Waals surface area contributed by atoms with E-state index in [4.69, 9.17) is 0 Å².